The molecule has 148 valence electrons. The Hall–Kier alpha value is -1.62. The van der Waals surface area contributed by atoms with Crippen molar-refractivity contribution in [1.82, 2.24) is 15.2 Å². The monoisotopic (exact) mass is 370 g/mol. The Morgan fingerprint density at radius 3 is 2.44 bits per heavy atom. The van der Waals surface area contributed by atoms with Gasteiger partial charge in [0.2, 0.25) is 0 Å². The Bertz CT molecular complexity index is 605. The van der Waals surface area contributed by atoms with Crippen molar-refractivity contribution in [2.24, 2.45) is 5.92 Å². The highest BCUT2D eigenvalue weighted by molar-refractivity contribution is 5.94. The SMILES string of the molecule is O=C(NC1CCCC[C@H]1CN1CCCCC1)c1ccc(N2CCCC2)nc1. The molecule has 1 aromatic heterocycles. The van der Waals surface area contributed by atoms with E-state index < -0.39 is 0 Å². The van der Waals surface area contributed by atoms with Crippen LogP contribution in [0.4, 0.5) is 5.82 Å². The molecule has 0 bridgehead atoms. The van der Waals surface area contributed by atoms with Crippen LogP contribution in [0.5, 0.6) is 0 Å². The number of amides is 1. The van der Waals surface area contributed by atoms with Crippen molar-refractivity contribution in [3.63, 3.8) is 0 Å². The lowest BCUT2D eigenvalue weighted by Gasteiger charge is -2.37. The van der Waals surface area contributed by atoms with Crippen LogP contribution in [0.1, 0.15) is 68.1 Å². The van der Waals surface area contributed by atoms with Gasteiger partial charge in [-0.25, -0.2) is 4.98 Å². The lowest BCUT2D eigenvalue weighted by Crippen LogP contribution is -2.47. The van der Waals surface area contributed by atoms with E-state index in [1.807, 2.05) is 12.1 Å². The van der Waals surface area contributed by atoms with Gasteiger partial charge in [0.1, 0.15) is 5.82 Å². The van der Waals surface area contributed by atoms with Gasteiger partial charge in [-0.15, -0.1) is 0 Å². The molecule has 1 aliphatic carbocycles. The van der Waals surface area contributed by atoms with Crippen LogP contribution < -0.4 is 10.2 Å². The number of nitrogens with zero attached hydrogens (tertiary/aromatic N) is 3. The van der Waals surface area contributed by atoms with Crippen molar-refractivity contribution in [2.45, 2.75) is 63.8 Å². The highest BCUT2D eigenvalue weighted by Crippen LogP contribution is 2.27. The third-order valence-corrected chi connectivity index (χ3v) is 6.61. The van der Waals surface area contributed by atoms with Crippen LogP contribution in [0.2, 0.25) is 0 Å². The van der Waals surface area contributed by atoms with Crippen molar-refractivity contribution in [1.29, 1.82) is 0 Å². The van der Waals surface area contributed by atoms with E-state index in [4.69, 9.17) is 0 Å². The highest BCUT2D eigenvalue weighted by atomic mass is 16.1. The first-order valence-electron chi connectivity index (χ1n) is 11.0. The van der Waals surface area contributed by atoms with E-state index in [1.165, 1.54) is 64.5 Å². The Morgan fingerprint density at radius 2 is 1.70 bits per heavy atom. The second kappa shape index (κ2) is 9.05. The van der Waals surface area contributed by atoms with E-state index in [1.54, 1.807) is 6.20 Å². The molecule has 27 heavy (non-hydrogen) atoms. The lowest BCUT2D eigenvalue weighted by atomic mass is 9.83. The van der Waals surface area contributed by atoms with E-state index in [9.17, 15) is 4.79 Å². The minimum Gasteiger partial charge on any atom is -0.357 e. The summed E-state index contributed by atoms with van der Waals surface area (Å²) in [5.41, 5.74) is 0.695. The molecule has 1 N–H and O–H groups in total. The Balaban J connectivity index is 1.34. The molecular formula is C22H34N4O. The topological polar surface area (TPSA) is 48.5 Å². The molecule has 0 radical (unpaired) electrons. The molecule has 3 heterocycles. The zero-order valence-corrected chi connectivity index (χ0v) is 16.5. The fourth-order valence-electron chi connectivity index (χ4n) is 5.00. The zero-order chi connectivity index (χ0) is 18.5. The summed E-state index contributed by atoms with van der Waals surface area (Å²) in [5.74, 6) is 1.65. The average molecular weight is 371 g/mol. The van der Waals surface area contributed by atoms with Crippen molar-refractivity contribution >= 4 is 11.7 Å². The number of hydrogen-bond acceptors (Lipinski definition) is 4. The van der Waals surface area contributed by atoms with E-state index in [2.05, 4.69) is 20.1 Å². The normalized spacial score (nSPS) is 26.9. The van der Waals surface area contributed by atoms with Gasteiger partial charge in [-0.2, -0.15) is 0 Å². The molecule has 2 atom stereocenters. The summed E-state index contributed by atoms with van der Waals surface area (Å²) in [4.78, 5) is 22.3. The first-order chi connectivity index (χ1) is 13.3. The van der Waals surface area contributed by atoms with Crippen molar-refractivity contribution in [3.05, 3.63) is 23.9 Å². The molecule has 5 heteroatoms. The third-order valence-electron chi connectivity index (χ3n) is 6.61. The highest BCUT2D eigenvalue weighted by Gasteiger charge is 2.29. The van der Waals surface area contributed by atoms with Gasteiger partial charge in [-0.05, 0) is 69.7 Å². The Kier molecular flexibility index (Phi) is 6.28. The number of hydrogen-bond donors (Lipinski definition) is 1. The molecule has 3 fully saturated rings. The van der Waals surface area contributed by atoms with E-state index in [-0.39, 0.29) is 5.91 Å². The van der Waals surface area contributed by atoms with Gasteiger partial charge in [-0.3, -0.25) is 4.79 Å². The predicted molar refractivity (Wildman–Crippen MR) is 109 cm³/mol. The summed E-state index contributed by atoms with van der Waals surface area (Å²) in [5, 5.41) is 3.34. The molecule has 1 saturated carbocycles. The van der Waals surface area contributed by atoms with Gasteiger partial charge in [0.15, 0.2) is 0 Å². The molecule has 5 nitrogen and oxygen atoms in total. The van der Waals surface area contributed by atoms with E-state index >= 15 is 0 Å². The Morgan fingerprint density at radius 1 is 0.963 bits per heavy atom. The summed E-state index contributed by atoms with van der Waals surface area (Å²) in [6.45, 7) is 5.78. The summed E-state index contributed by atoms with van der Waals surface area (Å²) >= 11 is 0. The van der Waals surface area contributed by atoms with Crippen LogP contribution in [0.15, 0.2) is 18.3 Å². The molecular weight excluding hydrogens is 336 g/mol. The summed E-state index contributed by atoms with van der Waals surface area (Å²) in [7, 11) is 0. The first kappa shape index (κ1) is 18.7. The van der Waals surface area contributed by atoms with E-state index in [0.29, 0.717) is 17.5 Å². The number of nitrogens with one attached hydrogen (secondary N) is 1. The third kappa shape index (κ3) is 4.81. The van der Waals surface area contributed by atoms with Gasteiger partial charge in [0, 0.05) is 31.9 Å². The van der Waals surface area contributed by atoms with Gasteiger partial charge in [0.05, 0.1) is 5.56 Å². The molecule has 0 spiro atoms. The van der Waals surface area contributed by atoms with Gasteiger partial charge in [-0.1, -0.05) is 19.3 Å². The maximum atomic E-state index is 12.8. The van der Waals surface area contributed by atoms with Crippen molar-refractivity contribution < 1.29 is 4.79 Å². The van der Waals surface area contributed by atoms with Gasteiger partial charge < -0.3 is 15.1 Å². The number of carbonyl (C=O) groups is 1. The molecule has 2 aliphatic heterocycles. The van der Waals surface area contributed by atoms with Gasteiger partial charge in [0.25, 0.3) is 5.91 Å². The second-order valence-electron chi connectivity index (χ2n) is 8.58. The minimum absolute atomic E-state index is 0.0472. The zero-order valence-electron chi connectivity index (χ0n) is 16.5. The first-order valence-corrected chi connectivity index (χ1v) is 11.0. The largest absolute Gasteiger partial charge is 0.357 e. The fraction of sp³-hybridized carbons (Fsp3) is 0.727. The van der Waals surface area contributed by atoms with E-state index in [0.717, 1.165) is 31.9 Å². The summed E-state index contributed by atoms with van der Waals surface area (Å²) in [6, 6.07) is 4.26. The maximum absolute atomic E-state index is 12.8. The van der Waals surface area contributed by atoms with Crippen LogP contribution in [0, 0.1) is 5.92 Å². The minimum atomic E-state index is 0.0472. The van der Waals surface area contributed by atoms with Gasteiger partial charge >= 0.3 is 0 Å². The van der Waals surface area contributed by atoms with Crippen LogP contribution in [0.3, 0.4) is 0 Å². The summed E-state index contributed by atoms with van der Waals surface area (Å²) in [6.07, 6.45) is 13.2. The number of piperidine rings is 1. The smallest absolute Gasteiger partial charge is 0.253 e. The van der Waals surface area contributed by atoms with Crippen LogP contribution in [0.25, 0.3) is 0 Å². The molecule has 1 aromatic rings. The molecule has 1 amide bonds. The lowest BCUT2D eigenvalue weighted by molar-refractivity contribution is 0.0877. The maximum Gasteiger partial charge on any atom is 0.253 e. The number of rotatable bonds is 5. The molecule has 1 unspecified atom stereocenters. The number of aromatic nitrogens is 1. The standard InChI is InChI=1S/C22H34N4O/c27-22(18-10-11-21(23-16-18)26-14-6-7-15-26)24-20-9-3-2-8-19(20)17-25-12-4-1-5-13-25/h10-11,16,19-20H,1-9,12-15,17H2,(H,24,27)/t19-,20?/m0/s1. The number of pyridine rings is 1. The number of anilines is 1. The fourth-order valence-corrected chi connectivity index (χ4v) is 5.00. The summed E-state index contributed by atoms with van der Waals surface area (Å²) < 4.78 is 0. The number of likely N-dealkylation sites (tertiary alicyclic amines) is 1. The molecule has 2 saturated heterocycles. The van der Waals surface area contributed by atoms with Crippen molar-refractivity contribution in [3.8, 4) is 0 Å². The second-order valence-corrected chi connectivity index (χ2v) is 8.58. The van der Waals surface area contributed by atoms with Crippen LogP contribution in [-0.2, 0) is 0 Å². The molecule has 3 aliphatic rings. The Labute approximate surface area is 163 Å². The van der Waals surface area contributed by atoms with Crippen molar-refractivity contribution in [2.75, 3.05) is 37.6 Å². The van der Waals surface area contributed by atoms with Crippen LogP contribution in [-0.4, -0.2) is 54.6 Å². The predicted octanol–water partition coefficient (Wildman–Crippen LogP) is 3.46. The molecule has 0 aromatic carbocycles. The average Bonchev–Trinajstić information content (AvgIpc) is 3.25. The quantitative estimate of drug-likeness (QED) is 0.862. The molecule has 4 rings (SSSR count). The van der Waals surface area contributed by atoms with Crippen LogP contribution >= 0.6 is 0 Å². The number of carbonyl (C=O) groups excluding carboxylic acids is 1.